The molecule has 2 aromatic rings. The molecule has 0 atom stereocenters. The van der Waals surface area contributed by atoms with E-state index in [2.05, 4.69) is 4.98 Å². The number of halogens is 2. The molecule has 0 aromatic carbocycles. The third-order valence-corrected chi connectivity index (χ3v) is 2.39. The average Bonchev–Trinajstić information content (AvgIpc) is 2.65. The summed E-state index contributed by atoms with van der Waals surface area (Å²) in [5.41, 5.74) is 1.18. The Morgan fingerprint density at radius 1 is 1.38 bits per heavy atom. The maximum atomic E-state index is 11.9. The number of aromatic nitrogens is 2. The Hall–Kier alpha value is -1.32. The molecular weight excluding hydrogens is 247 g/mol. The number of hydrogen-bond acceptors (Lipinski definition) is 2. The van der Waals surface area contributed by atoms with E-state index in [0.717, 1.165) is 0 Å². The second-order valence-corrected chi connectivity index (χ2v) is 3.59. The van der Waals surface area contributed by atoms with Crippen molar-refractivity contribution in [1.29, 1.82) is 0 Å². The minimum atomic E-state index is -0.0494. The average molecular weight is 257 g/mol. The topological polar surface area (TPSA) is 34.9 Å². The third kappa shape index (κ3) is 2.43. The highest BCUT2D eigenvalue weighted by Crippen LogP contribution is 2.11. The summed E-state index contributed by atoms with van der Waals surface area (Å²) in [6.07, 6.45) is 3.31. The van der Waals surface area contributed by atoms with Crippen LogP contribution in [-0.4, -0.2) is 15.3 Å². The smallest absolute Gasteiger partial charge is 0.210 e. The van der Waals surface area contributed by atoms with E-state index in [1.165, 1.54) is 6.20 Å². The zero-order valence-corrected chi connectivity index (χ0v) is 10.1. The van der Waals surface area contributed by atoms with Crippen molar-refractivity contribution < 1.29 is 4.79 Å². The first-order valence-corrected chi connectivity index (χ1v) is 4.84. The standard InChI is InChI=1S/C11H9ClN2O.ClH/c1-14-6-2-3-9(14)11(15)8-4-5-10(12)13-7-8;/h2-7H,1H3;1H. The van der Waals surface area contributed by atoms with Gasteiger partial charge in [0, 0.05) is 25.0 Å². The number of carbonyl (C=O) groups is 1. The lowest BCUT2D eigenvalue weighted by atomic mass is 10.1. The Kier molecular flexibility index (Phi) is 4.10. The summed E-state index contributed by atoms with van der Waals surface area (Å²) in [6, 6.07) is 6.88. The molecule has 0 aliphatic heterocycles. The summed E-state index contributed by atoms with van der Waals surface area (Å²) in [6.45, 7) is 0. The Balaban J connectivity index is 0.00000128. The number of aryl methyl sites for hydroxylation is 1. The van der Waals surface area contributed by atoms with Crippen molar-refractivity contribution in [1.82, 2.24) is 9.55 Å². The van der Waals surface area contributed by atoms with Gasteiger partial charge in [0.15, 0.2) is 0 Å². The predicted molar refractivity (Wildman–Crippen MR) is 65.3 cm³/mol. The molecule has 0 unspecified atom stereocenters. The summed E-state index contributed by atoms with van der Waals surface area (Å²) in [5.74, 6) is -0.0494. The van der Waals surface area contributed by atoms with E-state index >= 15 is 0 Å². The summed E-state index contributed by atoms with van der Waals surface area (Å²) >= 11 is 5.64. The van der Waals surface area contributed by atoms with Crippen molar-refractivity contribution in [2.45, 2.75) is 0 Å². The van der Waals surface area contributed by atoms with Crippen LogP contribution in [-0.2, 0) is 7.05 Å². The van der Waals surface area contributed by atoms with E-state index in [-0.39, 0.29) is 18.2 Å². The van der Waals surface area contributed by atoms with Crippen LogP contribution < -0.4 is 0 Å². The molecule has 0 aliphatic rings. The fourth-order valence-corrected chi connectivity index (χ4v) is 1.47. The zero-order chi connectivity index (χ0) is 10.8. The van der Waals surface area contributed by atoms with Crippen LogP contribution in [0.5, 0.6) is 0 Å². The fraction of sp³-hybridized carbons (Fsp3) is 0.0909. The first-order chi connectivity index (χ1) is 7.18. The van der Waals surface area contributed by atoms with Crippen LogP contribution in [0.1, 0.15) is 16.1 Å². The SMILES string of the molecule is Cl.Cn1cccc1C(=O)c1ccc(Cl)nc1. The summed E-state index contributed by atoms with van der Waals surface area (Å²) in [5, 5.41) is 0.387. The number of hydrogen-bond donors (Lipinski definition) is 0. The van der Waals surface area contributed by atoms with Crippen LogP contribution in [0.25, 0.3) is 0 Å². The summed E-state index contributed by atoms with van der Waals surface area (Å²) in [7, 11) is 1.83. The highest BCUT2D eigenvalue weighted by Gasteiger charge is 2.11. The molecule has 2 heterocycles. The number of ketones is 1. The van der Waals surface area contributed by atoms with Crippen LogP contribution in [0, 0.1) is 0 Å². The van der Waals surface area contributed by atoms with Crippen molar-refractivity contribution in [3.05, 3.63) is 53.1 Å². The van der Waals surface area contributed by atoms with Crippen molar-refractivity contribution >= 4 is 29.8 Å². The molecule has 16 heavy (non-hydrogen) atoms. The van der Waals surface area contributed by atoms with Crippen molar-refractivity contribution in [2.75, 3.05) is 0 Å². The monoisotopic (exact) mass is 256 g/mol. The molecule has 0 saturated carbocycles. The molecule has 0 saturated heterocycles. The fourth-order valence-electron chi connectivity index (χ4n) is 1.36. The summed E-state index contributed by atoms with van der Waals surface area (Å²) in [4.78, 5) is 15.8. The first-order valence-electron chi connectivity index (χ1n) is 4.46. The van der Waals surface area contributed by atoms with Crippen molar-refractivity contribution in [3.8, 4) is 0 Å². The van der Waals surface area contributed by atoms with Crippen LogP contribution in [0.15, 0.2) is 36.7 Å². The number of carbonyl (C=O) groups excluding carboxylic acids is 1. The molecule has 0 N–H and O–H groups in total. The van der Waals surface area contributed by atoms with Gasteiger partial charge in [-0.1, -0.05) is 11.6 Å². The normalized spacial score (nSPS) is 9.62. The van der Waals surface area contributed by atoms with Gasteiger partial charge in [-0.25, -0.2) is 4.98 Å². The molecule has 2 rings (SSSR count). The quantitative estimate of drug-likeness (QED) is 0.612. The van der Waals surface area contributed by atoms with Gasteiger partial charge in [0.25, 0.3) is 0 Å². The first kappa shape index (κ1) is 12.7. The Morgan fingerprint density at radius 2 is 2.12 bits per heavy atom. The molecule has 0 bridgehead atoms. The Bertz CT molecular complexity index is 491. The lowest BCUT2D eigenvalue weighted by Crippen LogP contribution is -2.06. The van der Waals surface area contributed by atoms with Gasteiger partial charge in [-0.3, -0.25) is 4.79 Å². The van der Waals surface area contributed by atoms with Crippen LogP contribution in [0.3, 0.4) is 0 Å². The number of rotatable bonds is 2. The van der Waals surface area contributed by atoms with E-state index in [1.807, 2.05) is 19.3 Å². The third-order valence-electron chi connectivity index (χ3n) is 2.17. The molecule has 84 valence electrons. The molecule has 0 aliphatic carbocycles. The van der Waals surface area contributed by atoms with Crippen LogP contribution in [0.2, 0.25) is 5.15 Å². The van der Waals surface area contributed by atoms with Crippen LogP contribution in [0.4, 0.5) is 0 Å². The van der Waals surface area contributed by atoms with E-state index < -0.39 is 0 Å². The van der Waals surface area contributed by atoms with Gasteiger partial charge in [-0.05, 0) is 24.3 Å². The number of nitrogens with zero attached hydrogens (tertiary/aromatic N) is 2. The molecule has 3 nitrogen and oxygen atoms in total. The predicted octanol–water partition coefficient (Wildman–Crippen LogP) is 2.73. The number of pyridine rings is 1. The Labute approximate surface area is 104 Å². The molecule has 2 aromatic heterocycles. The lowest BCUT2D eigenvalue weighted by molar-refractivity contribution is 0.103. The van der Waals surface area contributed by atoms with E-state index in [4.69, 9.17) is 11.6 Å². The van der Waals surface area contributed by atoms with E-state index in [0.29, 0.717) is 16.4 Å². The second kappa shape index (κ2) is 5.14. The van der Waals surface area contributed by atoms with Gasteiger partial charge >= 0.3 is 0 Å². The molecule has 0 amide bonds. The highest BCUT2D eigenvalue weighted by atomic mass is 35.5. The van der Waals surface area contributed by atoms with Crippen LogP contribution >= 0.6 is 24.0 Å². The van der Waals surface area contributed by atoms with Crippen molar-refractivity contribution in [3.63, 3.8) is 0 Å². The van der Waals surface area contributed by atoms with Gasteiger partial charge < -0.3 is 4.57 Å². The highest BCUT2D eigenvalue weighted by molar-refractivity contribution is 6.29. The van der Waals surface area contributed by atoms with E-state index in [9.17, 15) is 4.79 Å². The van der Waals surface area contributed by atoms with Gasteiger partial charge in [-0.2, -0.15) is 0 Å². The minimum absolute atomic E-state index is 0. The van der Waals surface area contributed by atoms with Gasteiger partial charge in [0.05, 0.1) is 5.69 Å². The summed E-state index contributed by atoms with van der Waals surface area (Å²) < 4.78 is 1.77. The largest absolute Gasteiger partial charge is 0.348 e. The molecule has 5 heteroatoms. The van der Waals surface area contributed by atoms with E-state index in [1.54, 1.807) is 22.8 Å². The zero-order valence-electron chi connectivity index (χ0n) is 8.55. The van der Waals surface area contributed by atoms with Gasteiger partial charge in [0.1, 0.15) is 5.15 Å². The lowest BCUT2D eigenvalue weighted by Gasteiger charge is -2.01. The molecule has 0 spiro atoms. The molecular formula is C11H10Cl2N2O. The van der Waals surface area contributed by atoms with Crippen molar-refractivity contribution in [2.24, 2.45) is 7.05 Å². The maximum absolute atomic E-state index is 11.9. The molecule has 0 radical (unpaired) electrons. The second-order valence-electron chi connectivity index (χ2n) is 3.20. The molecule has 0 fully saturated rings. The Morgan fingerprint density at radius 3 is 2.62 bits per heavy atom. The van der Waals surface area contributed by atoms with Gasteiger partial charge in [-0.15, -0.1) is 12.4 Å². The maximum Gasteiger partial charge on any atom is 0.210 e. The van der Waals surface area contributed by atoms with Gasteiger partial charge in [0.2, 0.25) is 5.78 Å². The minimum Gasteiger partial charge on any atom is -0.348 e.